The Balaban J connectivity index is 2.45. The Labute approximate surface area is 92.4 Å². The molecule has 4 nitrogen and oxygen atoms in total. The first kappa shape index (κ1) is 10.7. The van der Waals surface area contributed by atoms with Crippen LogP contribution in [0.1, 0.15) is 17.2 Å². The lowest BCUT2D eigenvalue weighted by Crippen LogP contribution is -2.13. The number of rotatable bonds is 2. The smallest absolute Gasteiger partial charge is 0.339 e. The molecule has 0 aliphatic heterocycles. The molecule has 0 bridgehead atoms. The first-order valence-corrected chi connectivity index (χ1v) is 4.87. The minimum absolute atomic E-state index is 0.504. The lowest BCUT2D eigenvalue weighted by Gasteiger charge is -2.08. The minimum atomic E-state index is -1.25. The number of aryl methyl sites for hydroxylation is 1. The Kier molecular flexibility index (Phi) is 2.66. The van der Waals surface area contributed by atoms with Crippen molar-refractivity contribution in [1.29, 1.82) is 0 Å². The number of aliphatic hydroxyl groups is 1. The summed E-state index contributed by atoms with van der Waals surface area (Å²) in [5.74, 6) is -0.666. The van der Waals surface area contributed by atoms with E-state index in [0.717, 1.165) is 16.5 Å². The van der Waals surface area contributed by atoms with E-state index in [0.29, 0.717) is 5.56 Å². The zero-order valence-electron chi connectivity index (χ0n) is 9.06. The van der Waals surface area contributed by atoms with Crippen LogP contribution in [0, 0.1) is 6.92 Å². The van der Waals surface area contributed by atoms with Gasteiger partial charge >= 0.3 is 5.97 Å². The number of hydrogen-bond donors (Lipinski definition) is 1. The van der Waals surface area contributed by atoms with Crippen molar-refractivity contribution in [3.8, 4) is 0 Å². The molecule has 1 unspecified atom stereocenters. The molecule has 2 aromatic rings. The van der Waals surface area contributed by atoms with E-state index in [1.54, 1.807) is 24.5 Å². The van der Waals surface area contributed by atoms with Gasteiger partial charge in [-0.05, 0) is 30.2 Å². The molecule has 0 aliphatic carbocycles. The standard InChI is InChI=1S/C12H12O4/c1-7-6-16-10-4-3-8(5-9(7)10)11(13)12(14)15-2/h3-6,11,13H,1-2H3. The Hall–Kier alpha value is -1.81. The summed E-state index contributed by atoms with van der Waals surface area (Å²) in [4.78, 5) is 11.2. The molecule has 0 spiro atoms. The molecule has 2 rings (SSSR count). The maximum atomic E-state index is 11.2. The van der Waals surface area contributed by atoms with E-state index in [2.05, 4.69) is 4.74 Å². The van der Waals surface area contributed by atoms with Crippen molar-refractivity contribution < 1.29 is 19.1 Å². The molecular weight excluding hydrogens is 208 g/mol. The fourth-order valence-corrected chi connectivity index (χ4v) is 1.59. The van der Waals surface area contributed by atoms with Crippen molar-refractivity contribution in [2.24, 2.45) is 0 Å². The second kappa shape index (κ2) is 3.98. The summed E-state index contributed by atoms with van der Waals surface area (Å²) >= 11 is 0. The third-order valence-electron chi connectivity index (χ3n) is 2.53. The molecule has 0 saturated heterocycles. The molecule has 1 heterocycles. The van der Waals surface area contributed by atoms with Crippen LogP contribution in [-0.2, 0) is 9.53 Å². The number of esters is 1. The zero-order chi connectivity index (χ0) is 11.7. The summed E-state index contributed by atoms with van der Waals surface area (Å²) in [6, 6.07) is 5.10. The van der Waals surface area contributed by atoms with E-state index < -0.39 is 12.1 Å². The highest BCUT2D eigenvalue weighted by molar-refractivity contribution is 5.84. The normalized spacial score (nSPS) is 12.7. The molecule has 1 aromatic heterocycles. The van der Waals surface area contributed by atoms with E-state index in [4.69, 9.17) is 4.42 Å². The molecule has 0 saturated carbocycles. The van der Waals surface area contributed by atoms with Crippen molar-refractivity contribution in [2.75, 3.05) is 7.11 Å². The monoisotopic (exact) mass is 220 g/mol. The van der Waals surface area contributed by atoms with Crippen molar-refractivity contribution in [1.82, 2.24) is 0 Å². The first-order chi connectivity index (χ1) is 7.63. The fourth-order valence-electron chi connectivity index (χ4n) is 1.59. The van der Waals surface area contributed by atoms with Gasteiger partial charge in [0.2, 0.25) is 0 Å². The van der Waals surface area contributed by atoms with E-state index in [-0.39, 0.29) is 0 Å². The molecule has 16 heavy (non-hydrogen) atoms. The molecular formula is C12H12O4. The lowest BCUT2D eigenvalue weighted by molar-refractivity contribution is -0.150. The highest BCUT2D eigenvalue weighted by Gasteiger charge is 2.18. The predicted octanol–water partition coefficient (Wildman–Crippen LogP) is 1.95. The summed E-state index contributed by atoms with van der Waals surface area (Å²) in [6.07, 6.45) is 0.391. The molecule has 1 atom stereocenters. The maximum absolute atomic E-state index is 11.2. The van der Waals surface area contributed by atoms with Gasteiger partial charge in [0.15, 0.2) is 6.10 Å². The van der Waals surface area contributed by atoms with Crippen LogP contribution in [0.4, 0.5) is 0 Å². The van der Waals surface area contributed by atoms with Crippen LogP contribution >= 0.6 is 0 Å². The quantitative estimate of drug-likeness (QED) is 0.786. The summed E-state index contributed by atoms with van der Waals surface area (Å²) in [5.41, 5.74) is 2.20. The van der Waals surface area contributed by atoms with Crippen LogP contribution in [0.2, 0.25) is 0 Å². The van der Waals surface area contributed by atoms with E-state index in [9.17, 15) is 9.90 Å². The van der Waals surface area contributed by atoms with E-state index in [1.807, 2.05) is 6.92 Å². The average Bonchev–Trinajstić information content (AvgIpc) is 2.68. The topological polar surface area (TPSA) is 59.7 Å². The van der Waals surface area contributed by atoms with Gasteiger partial charge in [0, 0.05) is 5.39 Å². The third-order valence-corrected chi connectivity index (χ3v) is 2.53. The van der Waals surface area contributed by atoms with Crippen molar-refractivity contribution in [3.05, 3.63) is 35.6 Å². The first-order valence-electron chi connectivity index (χ1n) is 4.87. The number of methoxy groups -OCH3 is 1. The second-order valence-corrected chi connectivity index (χ2v) is 3.60. The number of carbonyl (C=O) groups is 1. The van der Waals surface area contributed by atoms with Crippen LogP contribution in [0.15, 0.2) is 28.9 Å². The van der Waals surface area contributed by atoms with Gasteiger partial charge in [0.25, 0.3) is 0 Å². The van der Waals surface area contributed by atoms with Gasteiger partial charge in [-0.25, -0.2) is 4.79 Å². The van der Waals surface area contributed by atoms with Gasteiger partial charge in [-0.2, -0.15) is 0 Å². The minimum Gasteiger partial charge on any atom is -0.467 e. The summed E-state index contributed by atoms with van der Waals surface area (Å²) in [6.45, 7) is 1.90. The number of carbonyl (C=O) groups excluding carboxylic acids is 1. The van der Waals surface area contributed by atoms with Crippen molar-refractivity contribution >= 4 is 16.9 Å². The van der Waals surface area contributed by atoms with Gasteiger partial charge in [-0.15, -0.1) is 0 Å². The van der Waals surface area contributed by atoms with Crippen molar-refractivity contribution in [3.63, 3.8) is 0 Å². The van der Waals surface area contributed by atoms with E-state index >= 15 is 0 Å². The SMILES string of the molecule is COC(=O)C(O)c1ccc2occ(C)c2c1. The van der Waals surface area contributed by atoms with Crippen LogP contribution in [-0.4, -0.2) is 18.2 Å². The number of aliphatic hydroxyl groups excluding tert-OH is 1. The molecule has 0 aliphatic rings. The van der Waals surface area contributed by atoms with Crippen LogP contribution < -0.4 is 0 Å². The summed E-state index contributed by atoms with van der Waals surface area (Å²) in [5, 5.41) is 10.6. The molecule has 4 heteroatoms. The highest BCUT2D eigenvalue weighted by atomic mass is 16.5. The van der Waals surface area contributed by atoms with Gasteiger partial charge in [0.1, 0.15) is 5.58 Å². The average molecular weight is 220 g/mol. The number of ether oxygens (including phenoxy) is 1. The number of furan rings is 1. The Morgan fingerprint density at radius 1 is 1.50 bits per heavy atom. The largest absolute Gasteiger partial charge is 0.467 e. The Morgan fingerprint density at radius 3 is 2.94 bits per heavy atom. The number of benzene rings is 1. The van der Waals surface area contributed by atoms with Gasteiger partial charge in [0.05, 0.1) is 13.4 Å². The fraction of sp³-hybridized carbons (Fsp3) is 0.250. The van der Waals surface area contributed by atoms with Gasteiger partial charge in [-0.1, -0.05) is 6.07 Å². The maximum Gasteiger partial charge on any atom is 0.339 e. The lowest BCUT2D eigenvalue weighted by atomic mass is 10.1. The molecule has 0 radical (unpaired) electrons. The van der Waals surface area contributed by atoms with Gasteiger partial charge < -0.3 is 14.3 Å². The molecule has 0 fully saturated rings. The van der Waals surface area contributed by atoms with E-state index in [1.165, 1.54) is 7.11 Å². The molecule has 1 N–H and O–H groups in total. The van der Waals surface area contributed by atoms with Crippen LogP contribution in [0.3, 0.4) is 0 Å². The molecule has 84 valence electrons. The van der Waals surface area contributed by atoms with Crippen molar-refractivity contribution in [2.45, 2.75) is 13.0 Å². The third kappa shape index (κ3) is 1.67. The number of hydrogen-bond acceptors (Lipinski definition) is 4. The summed E-state index contributed by atoms with van der Waals surface area (Å²) in [7, 11) is 1.24. The Morgan fingerprint density at radius 2 is 2.25 bits per heavy atom. The summed E-state index contributed by atoms with van der Waals surface area (Å²) < 4.78 is 9.75. The highest BCUT2D eigenvalue weighted by Crippen LogP contribution is 2.25. The number of fused-ring (bicyclic) bond motifs is 1. The van der Waals surface area contributed by atoms with Gasteiger partial charge in [-0.3, -0.25) is 0 Å². The van der Waals surface area contributed by atoms with Crippen LogP contribution in [0.5, 0.6) is 0 Å². The Bertz CT molecular complexity index is 527. The predicted molar refractivity (Wildman–Crippen MR) is 57.9 cm³/mol. The zero-order valence-corrected chi connectivity index (χ0v) is 9.06. The molecule has 0 amide bonds. The second-order valence-electron chi connectivity index (χ2n) is 3.60. The van der Waals surface area contributed by atoms with Crippen LogP contribution in [0.25, 0.3) is 11.0 Å². The molecule has 1 aromatic carbocycles.